The van der Waals surface area contributed by atoms with Crippen molar-refractivity contribution in [2.75, 3.05) is 12.5 Å². The highest BCUT2D eigenvalue weighted by molar-refractivity contribution is 7.99. The first-order chi connectivity index (χ1) is 5.55. The number of rotatable bonds is 2. The molecule has 5 heteroatoms. The first-order valence-corrected chi connectivity index (χ1v) is 6.36. The van der Waals surface area contributed by atoms with E-state index in [1.54, 1.807) is 12.1 Å². The first kappa shape index (κ1) is 9.54. The zero-order valence-corrected chi connectivity index (χ0v) is 8.45. The average Bonchev–Trinajstić information content (AvgIpc) is 2.03. The van der Waals surface area contributed by atoms with Crippen molar-refractivity contribution >= 4 is 21.6 Å². The molecule has 0 fully saturated rings. The van der Waals surface area contributed by atoms with Gasteiger partial charge in [-0.3, -0.25) is 0 Å². The number of nitrogens with zero attached hydrogens (tertiary/aromatic N) is 1. The lowest BCUT2D eigenvalue weighted by atomic mass is 10.5. The molecule has 1 aromatic rings. The van der Waals surface area contributed by atoms with E-state index < -0.39 is 9.84 Å². The van der Waals surface area contributed by atoms with Crippen LogP contribution in [0.5, 0.6) is 0 Å². The molecule has 0 amide bonds. The van der Waals surface area contributed by atoms with Crippen molar-refractivity contribution in [1.29, 1.82) is 0 Å². The summed E-state index contributed by atoms with van der Waals surface area (Å²) in [5.74, 6) is 0. The summed E-state index contributed by atoms with van der Waals surface area (Å²) in [7, 11) is -3.18. The molecule has 0 aliphatic rings. The van der Waals surface area contributed by atoms with Gasteiger partial charge >= 0.3 is 0 Å². The highest BCUT2D eigenvalue weighted by Gasteiger charge is 2.12. The van der Waals surface area contributed by atoms with Gasteiger partial charge in [-0.15, -0.1) is 11.8 Å². The summed E-state index contributed by atoms with van der Waals surface area (Å²) in [6.45, 7) is 0. The molecule has 0 radical (unpaired) electrons. The van der Waals surface area contributed by atoms with Gasteiger partial charge in [0.2, 0.25) is 0 Å². The second-order valence-electron chi connectivity index (χ2n) is 2.28. The minimum atomic E-state index is -3.18. The Morgan fingerprint density at radius 2 is 2.17 bits per heavy atom. The Labute approximate surface area is 76.1 Å². The quantitative estimate of drug-likeness (QED) is 0.678. The Morgan fingerprint density at radius 1 is 1.50 bits per heavy atom. The molecule has 3 nitrogen and oxygen atoms in total. The van der Waals surface area contributed by atoms with Gasteiger partial charge in [0.15, 0.2) is 14.9 Å². The minimum Gasteiger partial charge on any atom is -0.244 e. The number of aromatic nitrogens is 1. The van der Waals surface area contributed by atoms with Crippen molar-refractivity contribution in [3.63, 3.8) is 0 Å². The van der Waals surface area contributed by atoms with Gasteiger partial charge in [-0.05, 0) is 18.4 Å². The summed E-state index contributed by atoms with van der Waals surface area (Å²) in [6, 6.07) is 3.47. The summed E-state index contributed by atoms with van der Waals surface area (Å²) in [5.41, 5.74) is 0. The lowest BCUT2D eigenvalue weighted by molar-refractivity contribution is 0.595. The maximum Gasteiger partial charge on any atom is 0.193 e. The Kier molecular flexibility index (Phi) is 2.74. The van der Waals surface area contributed by atoms with Crippen LogP contribution in [0, 0.1) is 0 Å². The monoisotopic (exact) mass is 203 g/mol. The topological polar surface area (TPSA) is 47.0 Å². The van der Waals surface area contributed by atoms with Crippen LogP contribution in [0.15, 0.2) is 28.3 Å². The van der Waals surface area contributed by atoms with E-state index in [1.807, 2.05) is 6.26 Å². The van der Waals surface area contributed by atoms with Crippen LogP contribution < -0.4 is 0 Å². The smallest absolute Gasteiger partial charge is 0.193 e. The fraction of sp³-hybridized carbons (Fsp3) is 0.286. The molecule has 0 unspecified atom stereocenters. The van der Waals surface area contributed by atoms with Crippen LogP contribution >= 0.6 is 11.8 Å². The third-order valence-electron chi connectivity index (χ3n) is 1.31. The van der Waals surface area contributed by atoms with Gasteiger partial charge < -0.3 is 0 Å². The Morgan fingerprint density at radius 3 is 2.58 bits per heavy atom. The van der Waals surface area contributed by atoms with Gasteiger partial charge in [0.05, 0.1) is 0 Å². The summed E-state index contributed by atoms with van der Waals surface area (Å²) in [4.78, 5) is 4.51. The molecule has 66 valence electrons. The van der Waals surface area contributed by atoms with Gasteiger partial charge in [-0.25, -0.2) is 13.4 Å². The zero-order valence-electron chi connectivity index (χ0n) is 6.81. The summed E-state index contributed by atoms with van der Waals surface area (Å²) < 4.78 is 22.3. The lowest BCUT2D eigenvalue weighted by Gasteiger charge is -2.01. The van der Waals surface area contributed by atoms with Crippen molar-refractivity contribution in [2.24, 2.45) is 0 Å². The second-order valence-corrected chi connectivity index (χ2v) is 5.06. The molecule has 0 aromatic carbocycles. The van der Waals surface area contributed by atoms with Crippen molar-refractivity contribution in [3.05, 3.63) is 18.3 Å². The van der Waals surface area contributed by atoms with Gasteiger partial charge in [0.1, 0.15) is 0 Å². The molecule has 0 atom stereocenters. The maximum atomic E-state index is 11.1. The normalized spacial score (nSPS) is 11.5. The molecular weight excluding hydrogens is 194 g/mol. The zero-order chi connectivity index (χ0) is 9.19. The molecule has 0 spiro atoms. The number of hydrogen-bond acceptors (Lipinski definition) is 4. The fourth-order valence-electron chi connectivity index (χ4n) is 0.810. The Balaban J connectivity index is 3.33. The predicted octanol–water partition coefficient (Wildman–Crippen LogP) is 1.21. The molecule has 0 saturated heterocycles. The fourth-order valence-corrected chi connectivity index (χ4v) is 2.64. The Hall–Kier alpha value is -0.550. The van der Waals surface area contributed by atoms with Gasteiger partial charge in [-0.1, -0.05) is 0 Å². The van der Waals surface area contributed by atoms with E-state index in [9.17, 15) is 8.42 Å². The summed E-state index contributed by atoms with van der Waals surface area (Å²) in [5, 5.41) is 0.164. The molecule has 1 heterocycles. The molecular formula is C7H9NO2S2. The van der Waals surface area contributed by atoms with Crippen LogP contribution in [-0.4, -0.2) is 25.9 Å². The number of hydrogen-bond donors (Lipinski definition) is 0. The summed E-state index contributed by atoms with van der Waals surface area (Å²) in [6.07, 6.45) is 4.47. The minimum absolute atomic E-state index is 0.164. The van der Waals surface area contributed by atoms with Crippen LogP contribution in [0.1, 0.15) is 0 Å². The first-order valence-electron chi connectivity index (χ1n) is 3.25. The van der Waals surface area contributed by atoms with E-state index in [0.717, 1.165) is 6.26 Å². The molecule has 12 heavy (non-hydrogen) atoms. The SMILES string of the molecule is CSc1cccnc1S(C)(=O)=O. The number of pyridine rings is 1. The van der Waals surface area contributed by atoms with Crippen molar-refractivity contribution in [1.82, 2.24) is 4.98 Å². The highest BCUT2D eigenvalue weighted by atomic mass is 32.2. The predicted molar refractivity (Wildman–Crippen MR) is 49.1 cm³/mol. The van der Waals surface area contributed by atoms with Crippen molar-refractivity contribution < 1.29 is 8.42 Å². The van der Waals surface area contributed by atoms with E-state index >= 15 is 0 Å². The average molecular weight is 203 g/mol. The van der Waals surface area contributed by atoms with E-state index in [-0.39, 0.29) is 5.03 Å². The summed E-state index contributed by atoms with van der Waals surface area (Å²) >= 11 is 1.38. The molecule has 0 bridgehead atoms. The van der Waals surface area contributed by atoms with Gasteiger partial charge in [-0.2, -0.15) is 0 Å². The van der Waals surface area contributed by atoms with E-state index in [2.05, 4.69) is 4.98 Å². The van der Waals surface area contributed by atoms with Crippen LogP contribution in [0.4, 0.5) is 0 Å². The standard InChI is InChI=1S/C7H9NO2S2/c1-11-6-4-3-5-8-7(6)12(2,9)10/h3-5H,1-2H3. The van der Waals surface area contributed by atoms with Crippen molar-refractivity contribution in [2.45, 2.75) is 9.92 Å². The largest absolute Gasteiger partial charge is 0.244 e. The lowest BCUT2D eigenvalue weighted by Crippen LogP contribution is -2.01. The van der Waals surface area contributed by atoms with Crippen LogP contribution in [-0.2, 0) is 9.84 Å². The maximum absolute atomic E-state index is 11.1. The van der Waals surface area contributed by atoms with Crippen LogP contribution in [0.3, 0.4) is 0 Å². The van der Waals surface area contributed by atoms with Crippen molar-refractivity contribution in [3.8, 4) is 0 Å². The van der Waals surface area contributed by atoms with Gasteiger partial charge in [0, 0.05) is 17.3 Å². The molecule has 0 saturated carbocycles. The van der Waals surface area contributed by atoms with E-state index in [0.29, 0.717) is 4.90 Å². The van der Waals surface area contributed by atoms with E-state index in [4.69, 9.17) is 0 Å². The third-order valence-corrected chi connectivity index (χ3v) is 3.23. The molecule has 1 aromatic heterocycles. The second kappa shape index (κ2) is 3.45. The molecule has 0 aliphatic heterocycles. The van der Waals surface area contributed by atoms with Gasteiger partial charge in [0.25, 0.3) is 0 Å². The van der Waals surface area contributed by atoms with Crippen LogP contribution in [0.25, 0.3) is 0 Å². The van der Waals surface area contributed by atoms with Crippen LogP contribution in [0.2, 0.25) is 0 Å². The third kappa shape index (κ3) is 1.98. The molecule has 0 aliphatic carbocycles. The Bertz CT molecular complexity index is 373. The number of sulfone groups is 1. The molecule has 1 rings (SSSR count). The number of thioether (sulfide) groups is 1. The molecule has 0 N–H and O–H groups in total. The van der Waals surface area contributed by atoms with E-state index in [1.165, 1.54) is 18.0 Å². The highest BCUT2D eigenvalue weighted by Crippen LogP contribution is 2.21.